The predicted octanol–water partition coefficient (Wildman–Crippen LogP) is 5.18. The summed E-state index contributed by atoms with van der Waals surface area (Å²) in [6.07, 6.45) is -11.8. The Balaban J connectivity index is 1.42. The van der Waals surface area contributed by atoms with Crippen LogP contribution in [0.25, 0.3) is 0 Å². The second kappa shape index (κ2) is 8.80. The molecule has 0 radical (unpaired) electrons. The van der Waals surface area contributed by atoms with Gasteiger partial charge in [-0.15, -0.1) is 11.8 Å². The van der Waals surface area contributed by atoms with Gasteiger partial charge in [0.2, 0.25) is 11.8 Å². The minimum atomic E-state index is -6.30. The van der Waals surface area contributed by atoms with E-state index in [9.17, 15) is 44.7 Å². The Morgan fingerprint density at radius 3 is 2.40 bits per heavy atom. The summed E-state index contributed by atoms with van der Waals surface area (Å²) in [5.41, 5.74) is -7.36. The van der Waals surface area contributed by atoms with E-state index in [1.807, 2.05) is 0 Å². The molecule has 1 saturated carbocycles. The number of alkyl halides is 7. The number of rotatable bonds is 4. The summed E-state index contributed by atoms with van der Waals surface area (Å²) >= 11 is 1.14. The second-order valence-electron chi connectivity index (χ2n) is 10.6. The van der Waals surface area contributed by atoms with E-state index in [0.717, 1.165) is 17.8 Å². The molecule has 40 heavy (non-hydrogen) atoms. The number of hydrogen-bond acceptors (Lipinski definition) is 4. The van der Waals surface area contributed by atoms with Crippen LogP contribution in [0.2, 0.25) is 0 Å². The number of nitrogens with zero attached hydrogens (tertiary/aromatic N) is 2. The SMILES string of the molecule is O=C1NC(C(=O)N2CCC3(Sc4cccc(F)c4)c4ccc(C(F)(C(F)(F)F)C(F)(F)F)nc4CCC23)C2CC12. The van der Waals surface area contributed by atoms with Crippen molar-refractivity contribution >= 4 is 23.6 Å². The van der Waals surface area contributed by atoms with Crippen LogP contribution >= 0.6 is 11.8 Å². The average Bonchev–Trinajstić information content (AvgIpc) is 3.48. The number of nitrogens with one attached hydrogen (secondary N) is 1. The van der Waals surface area contributed by atoms with Crippen LogP contribution in [0.1, 0.15) is 36.2 Å². The van der Waals surface area contributed by atoms with Gasteiger partial charge in [-0.25, -0.2) is 8.78 Å². The maximum Gasteiger partial charge on any atom is 0.437 e. The highest BCUT2D eigenvalue weighted by Crippen LogP contribution is 2.58. The van der Waals surface area contributed by atoms with Gasteiger partial charge in [-0.2, -0.15) is 26.3 Å². The smallest absolute Gasteiger partial charge is 0.344 e. The van der Waals surface area contributed by atoms with Gasteiger partial charge in [-0.3, -0.25) is 14.6 Å². The molecule has 4 aliphatic rings. The molecule has 214 valence electrons. The molecule has 2 aliphatic heterocycles. The first-order valence-electron chi connectivity index (χ1n) is 12.6. The number of piperidine rings is 1. The Morgan fingerprint density at radius 2 is 1.80 bits per heavy atom. The standard InChI is InChI=1S/C26H21F8N3O2S/c27-12-2-1-3-13(10-12)40-23-8-9-37(22(39)20-14-11-15(14)21(38)36-20)19(23)7-5-17-16(23)4-6-18(35-17)24(28,25(29,30)31)26(32,33)34/h1-4,6,10,14-15,19-20H,5,7-9,11H2,(H,36,38). The number of thioether (sulfide) groups is 1. The van der Waals surface area contributed by atoms with E-state index in [1.54, 1.807) is 11.0 Å². The Bertz CT molecular complexity index is 1380. The third-order valence-electron chi connectivity index (χ3n) is 8.41. The number of aromatic nitrogens is 1. The molecule has 0 spiro atoms. The van der Waals surface area contributed by atoms with Gasteiger partial charge in [-0.05, 0) is 55.5 Å². The zero-order chi connectivity index (χ0) is 28.8. The minimum absolute atomic E-state index is 0.113. The molecule has 2 aromatic rings. The minimum Gasteiger partial charge on any atom is -0.344 e. The molecule has 2 amide bonds. The lowest BCUT2D eigenvalue weighted by molar-refractivity contribution is -0.350. The van der Waals surface area contributed by atoms with E-state index in [0.29, 0.717) is 17.4 Å². The van der Waals surface area contributed by atoms with Crippen molar-refractivity contribution < 1.29 is 44.7 Å². The number of fused-ring (bicyclic) bond motifs is 4. The molecule has 1 aromatic carbocycles. The number of carbonyl (C=O) groups is 2. The van der Waals surface area contributed by atoms with Gasteiger partial charge in [-0.1, -0.05) is 12.1 Å². The molecule has 1 aromatic heterocycles. The summed E-state index contributed by atoms with van der Waals surface area (Å²) < 4.78 is 108. The molecule has 3 heterocycles. The van der Waals surface area contributed by atoms with Crippen molar-refractivity contribution in [3.8, 4) is 0 Å². The van der Waals surface area contributed by atoms with Gasteiger partial charge < -0.3 is 10.2 Å². The van der Waals surface area contributed by atoms with Gasteiger partial charge in [0.05, 0.1) is 16.5 Å². The van der Waals surface area contributed by atoms with E-state index in [1.165, 1.54) is 18.2 Å². The van der Waals surface area contributed by atoms with Crippen LogP contribution in [-0.2, 0) is 26.4 Å². The first-order chi connectivity index (χ1) is 18.7. The maximum absolute atomic E-state index is 14.8. The van der Waals surface area contributed by atoms with Crippen LogP contribution in [0.15, 0.2) is 41.3 Å². The van der Waals surface area contributed by atoms with Crippen LogP contribution in [0, 0.1) is 17.7 Å². The van der Waals surface area contributed by atoms with Crippen LogP contribution in [0.4, 0.5) is 35.1 Å². The summed E-state index contributed by atoms with van der Waals surface area (Å²) in [6, 6.07) is 5.64. The quantitative estimate of drug-likeness (QED) is 0.498. The summed E-state index contributed by atoms with van der Waals surface area (Å²) in [5.74, 6) is -1.39. The maximum atomic E-state index is 14.8. The van der Waals surface area contributed by atoms with Crippen molar-refractivity contribution in [3.63, 3.8) is 0 Å². The largest absolute Gasteiger partial charge is 0.437 e. The number of benzene rings is 1. The Hall–Kier alpha value is -2.90. The highest BCUT2D eigenvalue weighted by atomic mass is 32.2. The zero-order valence-electron chi connectivity index (χ0n) is 20.5. The molecule has 1 N–H and O–H groups in total. The fourth-order valence-corrected chi connectivity index (χ4v) is 8.02. The lowest BCUT2D eigenvalue weighted by Gasteiger charge is -2.43. The lowest BCUT2D eigenvalue weighted by atomic mass is 9.80. The third kappa shape index (κ3) is 3.92. The van der Waals surface area contributed by atoms with Crippen molar-refractivity contribution in [2.24, 2.45) is 11.8 Å². The van der Waals surface area contributed by atoms with Gasteiger partial charge in [0.1, 0.15) is 11.9 Å². The highest BCUT2D eigenvalue weighted by Gasteiger charge is 2.74. The Morgan fingerprint density at radius 1 is 1.07 bits per heavy atom. The summed E-state index contributed by atoms with van der Waals surface area (Å²) in [4.78, 5) is 31.3. The number of amides is 2. The molecule has 2 saturated heterocycles. The Kier molecular flexibility index (Phi) is 6.00. The van der Waals surface area contributed by atoms with Crippen LogP contribution in [-0.4, -0.2) is 52.7 Å². The number of likely N-dealkylation sites (tertiary alicyclic amines) is 1. The van der Waals surface area contributed by atoms with Crippen LogP contribution < -0.4 is 5.32 Å². The highest BCUT2D eigenvalue weighted by molar-refractivity contribution is 8.00. The first-order valence-corrected chi connectivity index (χ1v) is 13.4. The zero-order valence-corrected chi connectivity index (χ0v) is 21.3. The number of hydrogen-bond donors (Lipinski definition) is 1. The van der Waals surface area contributed by atoms with Crippen molar-refractivity contribution in [1.82, 2.24) is 15.2 Å². The molecule has 0 bridgehead atoms. The number of pyridine rings is 1. The molecule has 14 heteroatoms. The van der Waals surface area contributed by atoms with Crippen molar-refractivity contribution in [2.75, 3.05) is 6.54 Å². The molecule has 3 fully saturated rings. The van der Waals surface area contributed by atoms with E-state index in [2.05, 4.69) is 10.3 Å². The molecular weight excluding hydrogens is 570 g/mol. The molecule has 6 rings (SSSR count). The number of aryl methyl sites for hydroxylation is 1. The Labute approximate surface area is 226 Å². The fraction of sp³-hybridized carbons (Fsp3) is 0.500. The third-order valence-corrected chi connectivity index (χ3v) is 9.96. The van der Waals surface area contributed by atoms with Crippen molar-refractivity contribution in [3.05, 3.63) is 59.2 Å². The second-order valence-corrected chi connectivity index (χ2v) is 12.0. The van der Waals surface area contributed by atoms with E-state index < -0.39 is 46.4 Å². The van der Waals surface area contributed by atoms with E-state index in [4.69, 9.17) is 0 Å². The first kappa shape index (κ1) is 27.3. The van der Waals surface area contributed by atoms with Gasteiger partial charge >= 0.3 is 18.0 Å². The van der Waals surface area contributed by atoms with Crippen LogP contribution in [0.5, 0.6) is 0 Å². The summed E-state index contributed by atoms with van der Waals surface area (Å²) in [6.45, 7) is 0.189. The van der Waals surface area contributed by atoms with E-state index >= 15 is 0 Å². The lowest BCUT2D eigenvalue weighted by Crippen LogP contribution is -2.53. The summed E-state index contributed by atoms with van der Waals surface area (Å²) in [5, 5.41) is 2.71. The molecule has 5 atom stereocenters. The predicted molar refractivity (Wildman–Crippen MR) is 125 cm³/mol. The van der Waals surface area contributed by atoms with Gasteiger partial charge in [0.25, 0.3) is 0 Å². The molecule has 2 aliphatic carbocycles. The molecular formula is C26H21F8N3O2S. The molecule has 5 unspecified atom stereocenters. The number of carbonyl (C=O) groups excluding carboxylic acids is 2. The monoisotopic (exact) mass is 591 g/mol. The van der Waals surface area contributed by atoms with Crippen molar-refractivity contribution in [2.45, 2.75) is 65.4 Å². The topological polar surface area (TPSA) is 62.3 Å². The molecule has 5 nitrogen and oxygen atoms in total. The summed E-state index contributed by atoms with van der Waals surface area (Å²) in [7, 11) is 0. The van der Waals surface area contributed by atoms with Gasteiger partial charge in [0, 0.05) is 29.0 Å². The number of halogens is 8. The van der Waals surface area contributed by atoms with E-state index in [-0.39, 0.29) is 60.7 Å². The average molecular weight is 592 g/mol. The van der Waals surface area contributed by atoms with Gasteiger partial charge in [0.15, 0.2) is 0 Å². The van der Waals surface area contributed by atoms with Crippen molar-refractivity contribution in [1.29, 1.82) is 0 Å². The normalized spacial score (nSPS) is 29.5. The fourth-order valence-electron chi connectivity index (χ4n) is 6.41. The van der Waals surface area contributed by atoms with Crippen LogP contribution in [0.3, 0.4) is 0 Å².